The van der Waals surface area contributed by atoms with Gasteiger partial charge in [0.25, 0.3) is 0 Å². The van der Waals surface area contributed by atoms with Gasteiger partial charge in [-0.3, -0.25) is 4.99 Å². The summed E-state index contributed by atoms with van der Waals surface area (Å²) in [7, 11) is 0. The molecule has 0 saturated heterocycles. The van der Waals surface area contributed by atoms with Gasteiger partial charge in [-0.2, -0.15) is 0 Å². The molecule has 0 radical (unpaired) electrons. The molecule has 0 bridgehead atoms. The fraction of sp³-hybridized carbons (Fsp3) is 0.462. The number of rotatable bonds is 3. The van der Waals surface area contributed by atoms with Crippen LogP contribution in [0.3, 0.4) is 0 Å². The zero-order valence-electron chi connectivity index (χ0n) is 10.2. The number of benzene rings is 1. The minimum atomic E-state index is -0.0574. The molecule has 0 amide bonds. The first-order valence-electron chi connectivity index (χ1n) is 5.43. The highest BCUT2D eigenvalue weighted by Crippen LogP contribution is 2.22. The quantitative estimate of drug-likeness (QED) is 0.545. The standard InChI is InChI=1S/C13H17I2NO/c1-13(2,3)12(8-17)16-7-9-4-10(14)6-11(15)5-9/h4-7,12,17H,8H2,1-3H3/t12-/m0/s1. The minimum absolute atomic E-state index is 0.0136. The van der Waals surface area contributed by atoms with E-state index in [0.717, 1.165) is 5.56 Å². The van der Waals surface area contributed by atoms with Crippen LogP contribution < -0.4 is 0 Å². The lowest BCUT2D eigenvalue weighted by atomic mass is 9.88. The Kier molecular flexibility index (Phi) is 5.85. The van der Waals surface area contributed by atoms with Crippen LogP contribution in [0.1, 0.15) is 26.3 Å². The van der Waals surface area contributed by atoms with Crippen molar-refractivity contribution in [2.24, 2.45) is 10.4 Å². The molecule has 0 aliphatic heterocycles. The van der Waals surface area contributed by atoms with Crippen molar-refractivity contribution in [2.45, 2.75) is 26.8 Å². The molecule has 0 fully saturated rings. The molecule has 1 aromatic rings. The van der Waals surface area contributed by atoms with Gasteiger partial charge in [-0.15, -0.1) is 0 Å². The van der Waals surface area contributed by atoms with Crippen LogP contribution in [0, 0.1) is 12.6 Å². The van der Waals surface area contributed by atoms with Crippen molar-refractivity contribution < 1.29 is 5.11 Å². The fourth-order valence-corrected chi connectivity index (χ4v) is 3.36. The minimum Gasteiger partial charge on any atom is -0.394 e. The van der Waals surface area contributed by atoms with E-state index < -0.39 is 0 Å². The molecule has 0 spiro atoms. The van der Waals surface area contributed by atoms with Crippen molar-refractivity contribution in [3.05, 3.63) is 30.9 Å². The zero-order chi connectivity index (χ0) is 13.1. The predicted octanol–water partition coefficient (Wildman–Crippen LogP) is 3.72. The van der Waals surface area contributed by atoms with Gasteiger partial charge < -0.3 is 5.11 Å². The van der Waals surface area contributed by atoms with Crippen LogP contribution in [-0.4, -0.2) is 24.0 Å². The van der Waals surface area contributed by atoms with E-state index in [1.165, 1.54) is 7.14 Å². The molecule has 1 atom stereocenters. The van der Waals surface area contributed by atoms with E-state index in [1.807, 2.05) is 6.21 Å². The van der Waals surface area contributed by atoms with Crippen molar-refractivity contribution in [2.75, 3.05) is 6.61 Å². The molecule has 0 unspecified atom stereocenters. The maximum absolute atomic E-state index is 9.33. The van der Waals surface area contributed by atoms with Crippen LogP contribution in [0.4, 0.5) is 0 Å². The van der Waals surface area contributed by atoms with Gasteiger partial charge in [0, 0.05) is 13.4 Å². The molecule has 1 rings (SSSR count). The lowest BCUT2D eigenvalue weighted by molar-refractivity contribution is 0.191. The molecule has 0 aliphatic carbocycles. The number of hydrogen-bond acceptors (Lipinski definition) is 2. The molecule has 1 N–H and O–H groups in total. The highest BCUT2D eigenvalue weighted by molar-refractivity contribution is 14.1. The monoisotopic (exact) mass is 457 g/mol. The van der Waals surface area contributed by atoms with E-state index >= 15 is 0 Å². The number of halogens is 2. The van der Waals surface area contributed by atoms with Gasteiger partial charge in [-0.25, -0.2) is 0 Å². The molecule has 2 nitrogen and oxygen atoms in total. The summed E-state index contributed by atoms with van der Waals surface area (Å²) in [6.07, 6.45) is 1.86. The number of aliphatic hydroxyl groups is 1. The SMILES string of the molecule is CC(C)(C)[C@H](CO)N=Cc1cc(I)cc(I)c1. The van der Waals surface area contributed by atoms with Crippen LogP contribution in [0.2, 0.25) is 0 Å². The zero-order valence-corrected chi connectivity index (χ0v) is 14.6. The maximum atomic E-state index is 9.33. The van der Waals surface area contributed by atoms with Gasteiger partial charge in [-0.05, 0) is 74.4 Å². The van der Waals surface area contributed by atoms with E-state index in [-0.39, 0.29) is 18.1 Å². The van der Waals surface area contributed by atoms with Crippen molar-refractivity contribution in [3.63, 3.8) is 0 Å². The normalized spacial score (nSPS) is 14.2. The first-order chi connectivity index (χ1) is 7.82. The number of nitrogens with zero attached hydrogens (tertiary/aromatic N) is 1. The molecular formula is C13H17I2NO. The van der Waals surface area contributed by atoms with Gasteiger partial charge in [0.2, 0.25) is 0 Å². The Morgan fingerprint density at radius 1 is 1.24 bits per heavy atom. The summed E-state index contributed by atoms with van der Waals surface area (Å²) in [6, 6.07) is 6.23. The van der Waals surface area contributed by atoms with Crippen LogP contribution in [0.25, 0.3) is 0 Å². The Balaban J connectivity index is 2.89. The average molecular weight is 457 g/mol. The van der Waals surface area contributed by atoms with E-state index in [4.69, 9.17) is 0 Å². The first kappa shape index (κ1) is 15.4. The summed E-state index contributed by atoms with van der Waals surface area (Å²) in [4.78, 5) is 4.48. The second-order valence-corrected chi connectivity index (χ2v) is 7.54. The summed E-state index contributed by atoms with van der Waals surface area (Å²) in [5.74, 6) is 0. The van der Waals surface area contributed by atoms with Crippen LogP contribution in [0.5, 0.6) is 0 Å². The van der Waals surface area contributed by atoms with Crippen molar-refractivity contribution in [1.82, 2.24) is 0 Å². The molecule has 0 heterocycles. The lowest BCUT2D eigenvalue weighted by Crippen LogP contribution is -2.28. The van der Waals surface area contributed by atoms with E-state index in [1.54, 1.807) is 0 Å². The van der Waals surface area contributed by atoms with Crippen LogP contribution in [0.15, 0.2) is 23.2 Å². The Labute approximate surface area is 130 Å². The third kappa shape index (κ3) is 5.21. The summed E-state index contributed by atoms with van der Waals surface area (Å²) < 4.78 is 2.40. The third-order valence-corrected chi connectivity index (χ3v) is 3.71. The molecule has 0 aliphatic rings. The molecular weight excluding hydrogens is 440 g/mol. The van der Waals surface area contributed by atoms with Crippen LogP contribution in [-0.2, 0) is 0 Å². The van der Waals surface area contributed by atoms with Gasteiger partial charge in [0.1, 0.15) is 0 Å². The van der Waals surface area contributed by atoms with E-state index in [0.29, 0.717) is 0 Å². The molecule has 0 aromatic heterocycles. The van der Waals surface area contributed by atoms with Crippen molar-refractivity contribution in [1.29, 1.82) is 0 Å². The van der Waals surface area contributed by atoms with E-state index in [9.17, 15) is 5.11 Å². The summed E-state index contributed by atoms with van der Waals surface area (Å²) in [5, 5.41) is 9.33. The first-order valence-corrected chi connectivity index (χ1v) is 7.59. The van der Waals surface area contributed by atoms with Crippen molar-refractivity contribution >= 4 is 51.4 Å². The predicted molar refractivity (Wildman–Crippen MR) is 89.8 cm³/mol. The lowest BCUT2D eigenvalue weighted by Gasteiger charge is -2.25. The smallest absolute Gasteiger partial charge is 0.0778 e. The van der Waals surface area contributed by atoms with Gasteiger partial charge >= 0.3 is 0 Å². The summed E-state index contributed by atoms with van der Waals surface area (Å²) in [6.45, 7) is 6.35. The van der Waals surface area contributed by atoms with Gasteiger partial charge in [0.05, 0.1) is 12.6 Å². The Bertz CT molecular complexity index is 390. The highest BCUT2D eigenvalue weighted by atomic mass is 127. The Morgan fingerprint density at radius 3 is 2.18 bits per heavy atom. The Hall–Kier alpha value is 0.310. The third-order valence-electron chi connectivity index (χ3n) is 2.46. The largest absolute Gasteiger partial charge is 0.394 e. The number of aliphatic hydroxyl groups excluding tert-OH is 1. The topological polar surface area (TPSA) is 32.6 Å². The summed E-state index contributed by atoms with van der Waals surface area (Å²) in [5.41, 5.74) is 1.07. The Morgan fingerprint density at radius 2 is 1.76 bits per heavy atom. The second-order valence-electron chi connectivity index (χ2n) is 5.05. The number of hydrogen-bond donors (Lipinski definition) is 1. The molecule has 4 heteroatoms. The van der Waals surface area contributed by atoms with Crippen molar-refractivity contribution in [3.8, 4) is 0 Å². The second kappa shape index (κ2) is 6.47. The van der Waals surface area contributed by atoms with Crippen LogP contribution >= 0.6 is 45.2 Å². The van der Waals surface area contributed by atoms with Gasteiger partial charge in [-0.1, -0.05) is 20.8 Å². The molecule has 1 aromatic carbocycles. The van der Waals surface area contributed by atoms with E-state index in [2.05, 4.69) is 89.1 Å². The summed E-state index contributed by atoms with van der Waals surface area (Å²) >= 11 is 4.60. The highest BCUT2D eigenvalue weighted by Gasteiger charge is 2.22. The fourth-order valence-electron chi connectivity index (χ4n) is 1.37. The maximum Gasteiger partial charge on any atom is 0.0778 e. The molecule has 17 heavy (non-hydrogen) atoms. The number of aliphatic imine (C=N–C) groups is 1. The average Bonchev–Trinajstić information content (AvgIpc) is 2.14. The molecule has 94 valence electrons. The van der Waals surface area contributed by atoms with Gasteiger partial charge in [0.15, 0.2) is 0 Å². The molecule has 0 saturated carbocycles.